The predicted molar refractivity (Wildman–Crippen MR) is 58.9 cm³/mol. The van der Waals surface area contributed by atoms with Crippen molar-refractivity contribution >= 4 is 0 Å². The maximum absolute atomic E-state index is 3.35. The first-order chi connectivity index (χ1) is 6.95. The molecular weight excluding hydrogens is 170 g/mol. The molecule has 1 aromatic rings. The minimum Gasteiger partial charge on any atom is -0.316 e. The average Bonchev–Trinajstić information content (AvgIpc) is 2.72. The molecule has 1 unspecified atom stereocenters. The molecule has 1 fully saturated rings. The van der Waals surface area contributed by atoms with Gasteiger partial charge in [-0.2, -0.15) is 0 Å². The summed E-state index contributed by atoms with van der Waals surface area (Å²) in [6, 6.07) is 10.2. The fourth-order valence-corrected chi connectivity index (χ4v) is 1.71. The molecule has 1 aliphatic heterocycles. The van der Waals surface area contributed by atoms with Crippen molar-refractivity contribution in [2.75, 3.05) is 13.1 Å². The first kappa shape index (κ1) is 9.30. The van der Waals surface area contributed by atoms with E-state index in [1.54, 1.807) is 0 Å². The largest absolute Gasteiger partial charge is 0.316 e. The molecule has 0 aromatic heterocycles. The lowest BCUT2D eigenvalue weighted by Crippen LogP contribution is -2.08. The summed E-state index contributed by atoms with van der Waals surface area (Å²) in [7, 11) is 0. The van der Waals surface area contributed by atoms with Crippen LogP contribution >= 0.6 is 0 Å². The highest BCUT2D eigenvalue weighted by Crippen LogP contribution is 2.10. The van der Waals surface area contributed by atoms with Gasteiger partial charge < -0.3 is 5.32 Å². The van der Waals surface area contributed by atoms with E-state index in [2.05, 4.69) is 29.3 Å². The van der Waals surface area contributed by atoms with Gasteiger partial charge in [-0.3, -0.25) is 0 Å². The van der Waals surface area contributed by atoms with Crippen molar-refractivity contribution in [3.05, 3.63) is 35.9 Å². The molecule has 0 amide bonds. The summed E-state index contributed by atoms with van der Waals surface area (Å²) in [5.74, 6) is 7.22. The summed E-state index contributed by atoms with van der Waals surface area (Å²) < 4.78 is 0. The normalized spacial score (nSPS) is 20.1. The van der Waals surface area contributed by atoms with E-state index < -0.39 is 0 Å². The molecule has 1 atom stereocenters. The standard InChI is InChI=1S/C13H15N/c1-2-5-12(6-3-1)7-4-8-13-9-10-14-11-13/h1-3,5-6,13-14H,8-11H2. The van der Waals surface area contributed by atoms with Gasteiger partial charge in [-0.05, 0) is 37.6 Å². The maximum Gasteiger partial charge on any atom is 0.0245 e. The molecule has 0 radical (unpaired) electrons. The summed E-state index contributed by atoms with van der Waals surface area (Å²) in [6.07, 6.45) is 2.31. The molecule has 0 saturated carbocycles. The fraction of sp³-hybridized carbons (Fsp3) is 0.385. The van der Waals surface area contributed by atoms with Crippen LogP contribution in [0.25, 0.3) is 0 Å². The maximum atomic E-state index is 3.35. The van der Waals surface area contributed by atoms with Crippen molar-refractivity contribution in [2.24, 2.45) is 5.92 Å². The van der Waals surface area contributed by atoms with Crippen LogP contribution < -0.4 is 5.32 Å². The number of benzene rings is 1. The van der Waals surface area contributed by atoms with Gasteiger partial charge in [0.25, 0.3) is 0 Å². The van der Waals surface area contributed by atoms with Gasteiger partial charge in [0, 0.05) is 12.0 Å². The van der Waals surface area contributed by atoms with E-state index in [0.717, 1.165) is 31.0 Å². The van der Waals surface area contributed by atoms with Crippen LogP contribution in [0.2, 0.25) is 0 Å². The van der Waals surface area contributed by atoms with Crippen LogP contribution in [0.5, 0.6) is 0 Å². The van der Waals surface area contributed by atoms with Crippen molar-refractivity contribution < 1.29 is 0 Å². The monoisotopic (exact) mass is 185 g/mol. The third-order valence-corrected chi connectivity index (χ3v) is 2.56. The molecule has 1 N–H and O–H groups in total. The molecule has 1 nitrogen and oxygen atoms in total. The van der Waals surface area contributed by atoms with Gasteiger partial charge in [-0.15, -0.1) is 0 Å². The summed E-state index contributed by atoms with van der Waals surface area (Å²) in [6.45, 7) is 2.31. The van der Waals surface area contributed by atoms with E-state index in [9.17, 15) is 0 Å². The SMILES string of the molecule is C(#Cc1ccccc1)CC1CCNC1. The third kappa shape index (κ3) is 2.61. The predicted octanol–water partition coefficient (Wildman–Crippen LogP) is 2.04. The highest BCUT2D eigenvalue weighted by atomic mass is 14.9. The summed E-state index contributed by atoms with van der Waals surface area (Å²) in [5, 5.41) is 3.35. The van der Waals surface area contributed by atoms with Crippen LogP contribution in [0.1, 0.15) is 18.4 Å². The number of rotatable bonds is 1. The van der Waals surface area contributed by atoms with Gasteiger partial charge in [-0.1, -0.05) is 30.0 Å². The second-order valence-corrected chi connectivity index (χ2v) is 3.73. The van der Waals surface area contributed by atoms with Crippen molar-refractivity contribution in [1.82, 2.24) is 5.32 Å². The lowest BCUT2D eigenvalue weighted by Gasteiger charge is -1.99. The Morgan fingerprint density at radius 1 is 1.29 bits per heavy atom. The van der Waals surface area contributed by atoms with E-state index in [1.807, 2.05) is 18.2 Å². The number of hydrogen-bond donors (Lipinski definition) is 1. The third-order valence-electron chi connectivity index (χ3n) is 2.56. The molecule has 0 spiro atoms. The van der Waals surface area contributed by atoms with Gasteiger partial charge in [0.05, 0.1) is 0 Å². The van der Waals surface area contributed by atoms with Gasteiger partial charge in [-0.25, -0.2) is 0 Å². The summed E-state index contributed by atoms with van der Waals surface area (Å²) >= 11 is 0. The fourth-order valence-electron chi connectivity index (χ4n) is 1.71. The van der Waals surface area contributed by atoms with Crippen LogP contribution in [-0.4, -0.2) is 13.1 Å². The van der Waals surface area contributed by atoms with Crippen LogP contribution in [-0.2, 0) is 0 Å². The van der Waals surface area contributed by atoms with E-state index >= 15 is 0 Å². The lowest BCUT2D eigenvalue weighted by atomic mass is 10.1. The second kappa shape index (κ2) is 4.83. The Bertz CT molecular complexity index is 325. The zero-order chi connectivity index (χ0) is 9.64. The highest BCUT2D eigenvalue weighted by molar-refractivity contribution is 5.33. The zero-order valence-corrected chi connectivity index (χ0v) is 8.29. The Kier molecular flexibility index (Phi) is 3.21. The highest BCUT2D eigenvalue weighted by Gasteiger charge is 2.11. The van der Waals surface area contributed by atoms with E-state index in [0.29, 0.717) is 0 Å². The zero-order valence-electron chi connectivity index (χ0n) is 8.29. The van der Waals surface area contributed by atoms with Crippen LogP contribution in [0.3, 0.4) is 0 Å². The molecule has 1 saturated heterocycles. The molecule has 72 valence electrons. The molecule has 1 aliphatic rings. The summed E-state index contributed by atoms with van der Waals surface area (Å²) in [4.78, 5) is 0. The van der Waals surface area contributed by atoms with Gasteiger partial charge in [0.1, 0.15) is 0 Å². The lowest BCUT2D eigenvalue weighted by molar-refractivity contribution is 0.602. The Morgan fingerprint density at radius 2 is 2.14 bits per heavy atom. The van der Waals surface area contributed by atoms with E-state index in [1.165, 1.54) is 6.42 Å². The molecule has 0 aliphatic carbocycles. The van der Waals surface area contributed by atoms with E-state index in [-0.39, 0.29) is 0 Å². The topological polar surface area (TPSA) is 12.0 Å². The number of hydrogen-bond acceptors (Lipinski definition) is 1. The van der Waals surface area contributed by atoms with Gasteiger partial charge >= 0.3 is 0 Å². The van der Waals surface area contributed by atoms with Crippen LogP contribution in [0.4, 0.5) is 0 Å². The molecule has 2 rings (SSSR count). The molecule has 1 aromatic carbocycles. The molecule has 1 heteroatoms. The van der Waals surface area contributed by atoms with Gasteiger partial charge in [0.2, 0.25) is 0 Å². The van der Waals surface area contributed by atoms with Crippen molar-refractivity contribution in [3.63, 3.8) is 0 Å². The Labute approximate surface area is 85.5 Å². The van der Waals surface area contributed by atoms with Crippen LogP contribution in [0.15, 0.2) is 30.3 Å². The second-order valence-electron chi connectivity index (χ2n) is 3.73. The minimum absolute atomic E-state index is 0.770. The van der Waals surface area contributed by atoms with Crippen LogP contribution in [0, 0.1) is 17.8 Å². The molecule has 1 heterocycles. The van der Waals surface area contributed by atoms with Crippen molar-refractivity contribution in [1.29, 1.82) is 0 Å². The smallest absolute Gasteiger partial charge is 0.0245 e. The first-order valence-corrected chi connectivity index (χ1v) is 5.20. The van der Waals surface area contributed by atoms with E-state index in [4.69, 9.17) is 0 Å². The molecular formula is C13H15N. The minimum atomic E-state index is 0.770. The molecule has 0 bridgehead atoms. The Hall–Kier alpha value is -1.26. The Morgan fingerprint density at radius 3 is 2.86 bits per heavy atom. The first-order valence-electron chi connectivity index (χ1n) is 5.20. The Balaban J connectivity index is 1.87. The summed E-state index contributed by atoms with van der Waals surface area (Å²) in [5.41, 5.74) is 1.12. The van der Waals surface area contributed by atoms with Crippen molar-refractivity contribution in [2.45, 2.75) is 12.8 Å². The van der Waals surface area contributed by atoms with Crippen molar-refractivity contribution in [3.8, 4) is 11.8 Å². The molecule has 14 heavy (non-hydrogen) atoms. The van der Waals surface area contributed by atoms with Gasteiger partial charge in [0.15, 0.2) is 0 Å². The average molecular weight is 185 g/mol. The number of nitrogens with one attached hydrogen (secondary N) is 1. The quantitative estimate of drug-likeness (QED) is 0.660.